The number of hydrazone groups is 1. The minimum absolute atomic E-state index is 0.149. The van der Waals surface area contributed by atoms with E-state index in [0.29, 0.717) is 0 Å². The van der Waals surface area contributed by atoms with Crippen LogP contribution >= 0.6 is 0 Å². The van der Waals surface area contributed by atoms with E-state index < -0.39 is 0 Å². The minimum Gasteiger partial charge on any atom is -0.306 e. The topological polar surface area (TPSA) is 24.4 Å². The summed E-state index contributed by atoms with van der Waals surface area (Å²) in [6.07, 6.45) is 11.6. The molecular formula is C12H16N2. The fourth-order valence-electron chi connectivity index (χ4n) is 2.00. The molecule has 74 valence electrons. The van der Waals surface area contributed by atoms with Crippen LogP contribution in [-0.2, 0) is 0 Å². The van der Waals surface area contributed by atoms with Crippen molar-refractivity contribution in [3.05, 3.63) is 35.5 Å². The van der Waals surface area contributed by atoms with Crippen molar-refractivity contribution in [3.8, 4) is 0 Å². The van der Waals surface area contributed by atoms with Gasteiger partial charge in [-0.05, 0) is 17.6 Å². The maximum absolute atomic E-state index is 4.18. The van der Waals surface area contributed by atoms with Gasteiger partial charge in [0.05, 0.1) is 12.8 Å². The lowest BCUT2D eigenvalue weighted by Crippen LogP contribution is -2.24. The first kappa shape index (κ1) is 9.25. The number of rotatable bonds is 1. The number of nitrogens with one attached hydrogen (secondary N) is 1. The molecule has 0 aromatic carbocycles. The molecule has 2 bridgehead atoms. The highest BCUT2D eigenvalue weighted by molar-refractivity contribution is 5.82. The number of hydrogen-bond donors (Lipinski definition) is 1. The second-order valence-corrected chi connectivity index (χ2v) is 3.98. The van der Waals surface area contributed by atoms with Gasteiger partial charge in [-0.15, -0.1) is 0 Å². The summed E-state index contributed by atoms with van der Waals surface area (Å²) in [7, 11) is 0. The predicted octanol–water partition coefficient (Wildman–Crippen LogP) is 2.41. The standard InChI is InChI=1S/C12H16N2/c1-3-12(2)10-6-4-5-7-11(12)9-14-13-8-10/h4-8,14H,3,9H2,1-2H3. The van der Waals surface area contributed by atoms with Gasteiger partial charge in [0, 0.05) is 5.41 Å². The molecule has 0 aromatic heterocycles. The van der Waals surface area contributed by atoms with Crippen molar-refractivity contribution in [1.29, 1.82) is 0 Å². The van der Waals surface area contributed by atoms with E-state index in [-0.39, 0.29) is 5.41 Å². The van der Waals surface area contributed by atoms with Crippen molar-refractivity contribution in [2.75, 3.05) is 6.54 Å². The van der Waals surface area contributed by atoms with Crippen LogP contribution in [0.5, 0.6) is 0 Å². The molecule has 0 saturated heterocycles. The Hall–Kier alpha value is -1.31. The molecule has 2 nitrogen and oxygen atoms in total. The summed E-state index contributed by atoms with van der Waals surface area (Å²) in [4.78, 5) is 0. The molecule has 1 heterocycles. The lowest BCUT2D eigenvalue weighted by atomic mass is 9.74. The average molecular weight is 188 g/mol. The molecule has 2 aliphatic rings. The first-order valence-corrected chi connectivity index (χ1v) is 5.12. The van der Waals surface area contributed by atoms with E-state index in [0.717, 1.165) is 13.0 Å². The van der Waals surface area contributed by atoms with E-state index in [4.69, 9.17) is 0 Å². The molecule has 1 atom stereocenters. The van der Waals surface area contributed by atoms with Gasteiger partial charge < -0.3 is 5.43 Å². The van der Waals surface area contributed by atoms with Crippen LogP contribution in [0.1, 0.15) is 20.3 Å². The van der Waals surface area contributed by atoms with E-state index in [1.807, 2.05) is 6.21 Å². The molecule has 1 N–H and O–H groups in total. The normalized spacial score (nSPS) is 29.9. The first-order valence-electron chi connectivity index (χ1n) is 5.12. The van der Waals surface area contributed by atoms with Gasteiger partial charge in [-0.1, -0.05) is 38.2 Å². The highest BCUT2D eigenvalue weighted by Gasteiger charge is 2.31. The Morgan fingerprint density at radius 2 is 2.21 bits per heavy atom. The number of allylic oxidation sites excluding steroid dienone is 5. The van der Waals surface area contributed by atoms with Crippen LogP contribution in [0.15, 0.2) is 40.6 Å². The zero-order chi connectivity index (χ0) is 10.0. The molecule has 0 amide bonds. The van der Waals surface area contributed by atoms with Crippen molar-refractivity contribution in [2.24, 2.45) is 10.5 Å². The monoisotopic (exact) mass is 188 g/mol. The second-order valence-electron chi connectivity index (χ2n) is 3.98. The average Bonchev–Trinajstić information content (AvgIpc) is 2.47. The summed E-state index contributed by atoms with van der Waals surface area (Å²) >= 11 is 0. The van der Waals surface area contributed by atoms with Gasteiger partial charge in [0.15, 0.2) is 0 Å². The summed E-state index contributed by atoms with van der Waals surface area (Å²) in [5, 5.41) is 4.18. The Bertz CT molecular complexity index is 347. The third-order valence-electron chi connectivity index (χ3n) is 3.30. The maximum Gasteiger partial charge on any atom is 0.0551 e. The summed E-state index contributed by atoms with van der Waals surface area (Å²) in [6, 6.07) is 0. The van der Waals surface area contributed by atoms with Crippen LogP contribution in [0.25, 0.3) is 0 Å². The lowest BCUT2D eigenvalue weighted by molar-refractivity contribution is 0.469. The Labute approximate surface area is 85.1 Å². The molecule has 1 unspecified atom stereocenters. The third kappa shape index (κ3) is 1.31. The van der Waals surface area contributed by atoms with Crippen LogP contribution < -0.4 is 5.43 Å². The Kier molecular flexibility index (Phi) is 2.28. The fraction of sp³-hybridized carbons (Fsp3) is 0.417. The van der Waals surface area contributed by atoms with E-state index in [1.165, 1.54) is 11.1 Å². The number of nitrogens with zero attached hydrogens (tertiary/aromatic N) is 1. The lowest BCUT2D eigenvalue weighted by Gasteiger charge is -2.30. The predicted molar refractivity (Wildman–Crippen MR) is 60.2 cm³/mol. The van der Waals surface area contributed by atoms with Crippen LogP contribution in [-0.4, -0.2) is 12.8 Å². The molecular weight excluding hydrogens is 172 g/mol. The summed E-state index contributed by atoms with van der Waals surface area (Å²) in [6.45, 7) is 5.37. The molecule has 0 fully saturated rings. The molecule has 0 radical (unpaired) electrons. The maximum atomic E-state index is 4.18. The van der Waals surface area contributed by atoms with E-state index >= 15 is 0 Å². The van der Waals surface area contributed by atoms with Gasteiger partial charge in [-0.25, -0.2) is 0 Å². The van der Waals surface area contributed by atoms with E-state index in [1.54, 1.807) is 0 Å². The SMILES string of the molecule is CCC1(C)C2=CC=CC=C1CNN=C2. The smallest absolute Gasteiger partial charge is 0.0551 e. The van der Waals surface area contributed by atoms with Gasteiger partial charge in [0.1, 0.15) is 0 Å². The van der Waals surface area contributed by atoms with E-state index in [2.05, 4.69) is 48.7 Å². The van der Waals surface area contributed by atoms with Gasteiger partial charge in [-0.2, -0.15) is 5.10 Å². The zero-order valence-corrected chi connectivity index (χ0v) is 8.75. The first-order chi connectivity index (χ1) is 6.77. The van der Waals surface area contributed by atoms with Crippen molar-refractivity contribution in [3.63, 3.8) is 0 Å². The summed E-state index contributed by atoms with van der Waals surface area (Å²) in [5.41, 5.74) is 5.92. The Balaban J connectivity index is 2.54. The molecule has 1 aliphatic carbocycles. The van der Waals surface area contributed by atoms with Crippen molar-refractivity contribution in [2.45, 2.75) is 20.3 Å². The zero-order valence-electron chi connectivity index (χ0n) is 8.75. The van der Waals surface area contributed by atoms with Crippen LogP contribution in [0.4, 0.5) is 0 Å². The molecule has 1 aliphatic heterocycles. The molecule has 14 heavy (non-hydrogen) atoms. The number of fused-ring (bicyclic) bond motifs is 2. The largest absolute Gasteiger partial charge is 0.306 e. The summed E-state index contributed by atoms with van der Waals surface area (Å²) < 4.78 is 0. The van der Waals surface area contributed by atoms with Gasteiger partial charge in [0.2, 0.25) is 0 Å². The van der Waals surface area contributed by atoms with Crippen molar-refractivity contribution >= 4 is 6.21 Å². The highest BCUT2D eigenvalue weighted by atomic mass is 15.3. The van der Waals surface area contributed by atoms with Crippen LogP contribution in [0, 0.1) is 5.41 Å². The van der Waals surface area contributed by atoms with Gasteiger partial charge in [0.25, 0.3) is 0 Å². The molecule has 2 heteroatoms. The van der Waals surface area contributed by atoms with Crippen molar-refractivity contribution < 1.29 is 0 Å². The van der Waals surface area contributed by atoms with E-state index in [9.17, 15) is 0 Å². The Morgan fingerprint density at radius 1 is 1.43 bits per heavy atom. The second kappa shape index (κ2) is 3.45. The number of hydrogen-bond acceptors (Lipinski definition) is 2. The molecule has 2 rings (SSSR count). The van der Waals surface area contributed by atoms with Gasteiger partial charge >= 0.3 is 0 Å². The van der Waals surface area contributed by atoms with Crippen LogP contribution in [0.2, 0.25) is 0 Å². The molecule has 0 spiro atoms. The summed E-state index contributed by atoms with van der Waals surface area (Å²) in [5.74, 6) is 0. The Morgan fingerprint density at radius 3 is 3.00 bits per heavy atom. The van der Waals surface area contributed by atoms with Crippen LogP contribution in [0.3, 0.4) is 0 Å². The van der Waals surface area contributed by atoms with Gasteiger partial charge in [-0.3, -0.25) is 0 Å². The molecule has 0 saturated carbocycles. The fourth-order valence-corrected chi connectivity index (χ4v) is 2.00. The highest BCUT2D eigenvalue weighted by Crippen LogP contribution is 2.39. The van der Waals surface area contributed by atoms with Crippen molar-refractivity contribution in [1.82, 2.24) is 5.43 Å². The minimum atomic E-state index is 0.149. The third-order valence-corrected chi connectivity index (χ3v) is 3.30. The quantitative estimate of drug-likeness (QED) is 0.671. The molecule has 0 aromatic rings.